The van der Waals surface area contributed by atoms with Crippen LogP contribution in [0.3, 0.4) is 0 Å². The van der Waals surface area contributed by atoms with Crippen LogP contribution in [0.2, 0.25) is 0 Å². The maximum Gasteiger partial charge on any atom is 0.407 e. The van der Waals surface area contributed by atoms with Crippen LogP contribution < -0.4 is 16.0 Å². The molecule has 1 heterocycles. The van der Waals surface area contributed by atoms with Gasteiger partial charge in [0.25, 0.3) is 5.91 Å². The number of anilines is 1. The van der Waals surface area contributed by atoms with Crippen molar-refractivity contribution in [1.29, 1.82) is 0 Å². The highest BCUT2D eigenvalue weighted by atomic mass is 19.1. The van der Waals surface area contributed by atoms with E-state index >= 15 is 0 Å². The molecule has 9 heteroatoms. The summed E-state index contributed by atoms with van der Waals surface area (Å²) in [7, 11) is 3.99. The molecule has 0 bridgehead atoms. The fourth-order valence-electron chi connectivity index (χ4n) is 3.47. The SMILES string of the molecule is CN(C)CCCNc1ncc(F)cc1C(=O)N[C@H]1CC[C@@H](NC(=O)OC(C)(C)C)CC1. The summed E-state index contributed by atoms with van der Waals surface area (Å²) < 4.78 is 19.0. The minimum Gasteiger partial charge on any atom is -0.444 e. The number of hydrogen-bond donors (Lipinski definition) is 3. The lowest BCUT2D eigenvalue weighted by molar-refractivity contribution is 0.0488. The second kappa shape index (κ2) is 11.3. The van der Waals surface area contributed by atoms with E-state index in [0.29, 0.717) is 12.4 Å². The summed E-state index contributed by atoms with van der Waals surface area (Å²) >= 11 is 0. The van der Waals surface area contributed by atoms with Gasteiger partial charge in [0.05, 0.1) is 11.8 Å². The van der Waals surface area contributed by atoms with Gasteiger partial charge in [-0.25, -0.2) is 14.2 Å². The first-order valence-corrected chi connectivity index (χ1v) is 10.9. The molecule has 0 saturated heterocycles. The number of carbonyl (C=O) groups is 2. The Labute approximate surface area is 184 Å². The highest BCUT2D eigenvalue weighted by molar-refractivity contribution is 5.98. The van der Waals surface area contributed by atoms with E-state index < -0.39 is 17.5 Å². The molecule has 1 fully saturated rings. The van der Waals surface area contributed by atoms with Gasteiger partial charge in [-0.3, -0.25) is 4.79 Å². The summed E-state index contributed by atoms with van der Waals surface area (Å²) in [6, 6.07) is 1.20. The highest BCUT2D eigenvalue weighted by Crippen LogP contribution is 2.21. The lowest BCUT2D eigenvalue weighted by atomic mass is 9.91. The molecule has 1 aromatic heterocycles. The quantitative estimate of drug-likeness (QED) is 0.541. The molecule has 1 aromatic rings. The Bertz CT molecular complexity index is 743. The minimum absolute atomic E-state index is 0.0211. The van der Waals surface area contributed by atoms with Gasteiger partial charge in [0, 0.05) is 18.6 Å². The van der Waals surface area contributed by atoms with Crippen LogP contribution in [0.1, 0.15) is 63.2 Å². The van der Waals surface area contributed by atoms with Gasteiger partial charge < -0.3 is 25.6 Å². The zero-order valence-electron chi connectivity index (χ0n) is 19.3. The van der Waals surface area contributed by atoms with Gasteiger partial charge in [-0.15, -0.1) is 0 Å². The predicted octanol–water partition coefficient (Wildman–Crippen LogP) is 3.15. The second-order valence-corrected chi connectivity index (χ2v) is 9.30. The van der Waals surface area contributed by atoms with Crippen LogP contribution in [0, 0.1) is 5.82 Å². The van der Waals surface area contributed by atoms with Gasteiger partial charge in [-0.2, -0.15) is 0 Å². The van der Waals surface area contributed by atoms with E-state index in [1.807, 2.05) is 34.9 Å². The molecule has 1 aliphatic carbocycles. The average Bonchev–Trinajstić information content (AvgIpc) is 2.66. The number of aromatic nitrogens is 1. The standard InChI is InChI=1S/C22H36FN5O3/c1-22(2,3)31-21(30)27-17-9-7-16(8-10-17)26-20(29)18-13-15(23)14-25-19(18)24-11-6-12-28(4)5/h13-14,16-17H,6-12H2,1-5H3,(H,24,25)(H,26,29)(H,27,30)/t16-,17+. The molecular formula is C22H36FN5O3. The number of alkyl carbamates (subject to hydrolysis) is 1. The Kier molecular flexibility index (Phi) is 9.03. The molecule has 31 heavy (non-hydrogen) atoms. The first kappa shape index (κ1) is 24.8. The normalized spacial score (nSPS) is 19.1. The number of ether oxygens (including phenoxy) is 1. The Hall–Kier alpha value is -2.42. The summed E-state index contributed by atoms with van der Waals surface area (Å²) in [6.07, 6.45) is 4.49. The first-order chi connectivity index (χ1) is 14.5. The van der Waals surface area contributed by atoms with Crippen molar-refractivity contribution in [2.75, 3.05) is 32.5 Å². The molecule has 174 valence electrons. The molecule has 0 aliphatic heterocycles. The van der Waals surface area contributed by atoms with Crippen LogP contribution in [0.5, 0.6) is 0 Å². The van der Waals surface area contributed by atoms with Crippen LogP contribution >= 0.6 is 0 Å². The van der Waals surface area contributed by atoms with E-state index in [2.05, 4.69) is 25.8 Å². The minimum atomic E-state index is -0.547. The zero-order valence-corrected chi connectivity index (χ0v) is 19.3. The molecule has 2 rings (SSSR count). The number of rotatable bonds is 8. The Morgan fingerprint density at radius 3 is 2.35 bits per heavy atom. The van der Waals surface area contributed by atoms with Crippen molar-refractivity contribution in [1.82, 2.24) is 20.5 Å². The molecule has 0 radical (unpaired) electrons. The van der Waals surface area contributed by atoms with Crippen molar-refractivity contribution >= 4 is 17.8 Å². The summed E-state index contributed by atoms with van der Waals surface area (Å²) in [5, 5.41) is 9.01. The molecule has 1 aliphatic rings. The Morgan fingerprint density at radius 2 is 1.77 bits per heavy atom. The van der Waals surface area contributed by atoms with Crippen LogP contribution in [0.15, 0.2) is 12.3 Å². The summed E-state index contributed by atoms with van der Waals surface area (Å²) in [5.74, 6) is -0.502. The van der Waals surface area contributed by atoms with Crippen LogP contribution in [0.4, 0.5) is 15.0 Å². The number of pyridine rings is 1. The van der Waals surface area contributed by atoms with E-state index in [9.17, 15) is 14.0 Å². The monoisotopic (exact) mass is 437 g/mol. The van der Waals surface area contributed by atoms with Crippen molar-refractivity contribution in [3.8, 4) is 0 Å². The first-order valence-electron chi connectivity index (χ1n) is 10.9. The van der Waals surface area contributed by atoms with E-state index in [-0.39, 0.29) is 23.6 Å². The van der Waals surface area contributed by atoms with Gasteiger partial charge in [0.2, 0.25) is 0 Å². The highest BCUT2D eigenvalue weighted by Gasteiger charge is 2.26. The Balaban J connectivity index is 1.85. The molecule has 2 amide bonds. The van der Waals surface area contributed by atoms with E-state index in [1.165, 1.54) is 6.07 Å². The molecule has 0 aromatic carbocycles. The number of hydrogen-bond acceptors (Lipinski definition) is 6. The van der Waals surface area contributed by atoms with Gasteiger partial charge in [-0.05, 0) is 79.6 Å². The van der Waals surface area contributed by atoms with Gasteiger partial charge in [0.15, 0.2) is 0 Å². The van der Waals surface area contributed by atoms with E-state index in [1.54, 1.807) is 0 Å². The molecule has 0 atom stereocenters. The molecule has 8 nitrogen and oxygen atoms in total. The molecule has 0 unspecified atom stereocenters. The fraction of sp³-hybridized carbons (Fsp3) is 0.682. The largest absolute Gasteiger partial charge is 0.444 e. The maximum atomic E-state index is 13.7. The summed E-state index contributed by atoms with van der Waals surface area (Å²) in [4.78, 5) is 30.8. The third-order valence-electron chi connectivity index (χ3n) is 4.96. The van der Waals surface area contributed by atoms with Crippen molar-refractivity contribution < 1.29 is 18.7 Å². The van der Waals surface area contributed by atoms with E-state index in [0.717, 1.165) is 44.8 Å². The van der Waals surface area contributed by atoms with Crippen molar-refractivity contribution in [3.63, 3.8) is 0 Å². The van der Waals surface area contributed by atoms with Crippen LogP contribution in [-0.4, -0.2) is 66.8 Å². The molecule has 0 spiro atoms. The number of nitrogens with zero attached hydrogens (tertiary/aromatic N) is 2. The van der Waals surface area contributed by atoms with Crippen molar-refractivity contribution in [2.24, 2.45) is 0 Å². The smallest absolute Gasteiger partial charge is 0.407 e. The molecule has 3 N–H and O–H groups in total. The average molecular weight is 438 g/mol. The lowest BCUT2D eigenvalue weighted by Gasteiger charge is -2.30. The number of halogens is 1. The second-order valence-electron chi connectivity index (χ2n) is 9.30. The van der Waals surface area contributed by atoms with Gasteiger partial charge in [0.1, 0.15) is 17.2 Å². The lowest BCUT2D eigenvalue weighted by Crippen LogP contribution is -2.45. The third-order valence-corrected chi connectivity index (χ3v) is 4.96. The van der Waals surface area contributed by atoms with Crippen molar-refractivity contribution in [2.45, 2.75) is 70.6 Å². The summed E-state index contributed by atoms with van der Waals surface area (Å²) in [6.45, 7) is 7.01. The van der Waals surface area contributed by atoms with Gasteiger partial charge >= 0.3 is 6.09 Å². The molecular weight excluding hydrogens is 401 g/mol. The molecule has 1 saturated carbocycles. The van der Waals surface area contributed by atoms with Crippen LogP contribution in [0.25, 0.3) is 0 Å². The van der Waals surface area contributed by atoms with E-state index in [4.69, 9.17) is 4.74 Å². The third kappa shape index (κ3) is 9.08. The predicted molar refractivity (Wildman–Crippen MR) is 119 cm³/mol. The zero-order chi connectivity index (χ0) is 23.0. The van der Waals surface area contributed by atoms with Crippen LogP contribution in [-0.2, 0) is 4.74 Å². The Morgan fingerprint density at radius 1 is 1.16 bits per heavy atom. The maximum absolute atomic E-state index is 13.7. The number of amides is 2. The van der Waals surface area contributed by atoms with Crippen molar-refractivity contribution in [3.05, 3.63) is 23.6 Å². The summed E-state index contributed by atoms with van der Waals surface area (Å²) in [5.41, 5.74) is -0.328. The topological polar surface area (TPSA) is 95.6 Å². The number of nitrogens with one attached hydrogen (secondary N) is 3. The van der Waals surface area contributed by atoms with Gasteiger partial charge in [-0.1, -0.05) is 0 Å². The fourth-order valence-corrected chi connectivity index (χ4v) is 3.47. The number of carbonyl (C=O) groups excluding carboxylic acids is 2.